The summed E-state index contributed by atoms with van der Waals surface area (Å²) in [5.41, 5.74) is 0.767. The molecule has 0 aliphatic rings. The first-order valence-corrected chi connectivity index (χ1v) is 7.54. The van der Waals surface area contributed by atoms with Crippen LogP contribution in [0, 0.1) is 10.1 Å². The number of hydrogen-bond acceptors (Lipinski definition) is 8. The van der Waals surface area contributed by atoms with Crippen molar-refractivity contribution < 1.29 is 19.1 Å². The van der Waals surface area contributed by atoms with Crippen molar-refractivity contribution in [1.29, 1.82) is 0 Å². The molecule has 0 bridgehead atoms. The van der Waals surface area contributed by atoms with Gasteiger partial charge in [0.15, 0.2) is 11.5 Å². The maximum Gasteiger partial charge on any atom is 0.292 e. The highest BCUT2D eigenvalue weighted by Crippen LogP contribution is 2.45. The van der Waals surface area contributed by atoms with E-state index in [4.69, 9.17) is 14.2 Å². The maximum absolute atomic E-state index is 11.3. The van der Waals surface area contributed by atoms with Crippen molar-refractivity contribution in [3.63, 3.8) is 0 Å². The molecular formula is C17H16N4O5. The average Bonchev–Trinajstić information content (AvgIpc) is 2.66. The number of aromatic nitrogens is 2. The van der Waals surface area contributed by atoms with Crippen LogP contribution in [0.1, 0.15) is 0 Å². The largest absolute Gasteiger partial charge is 0.493 e. The number of nitrogens with one attached hydrogen (secondary N) is 1. The zero-order chi connectivity index (χ0) is 18.7. The van der Waals surface area contributed by atoms with Crippen LogP contribution < -0.4 is 19.5 Å². The number of anilines is 2. The lowest BCUT2D eigenvalue weighted by Crippen LogP contribution is -2.02. The molecule has 0 atom stereocenters. The number of ether oxygens (including phenoxy) is 3. The van der Waals surface area contributed by atoms with Gasteiger partial charge in [-0.1, -0.05) is 12.1 Å². The number of nitro benzene ring substituents is 1. The van der Waals surface area contributed by atoms with Gasteiger partial charge >= 0.3 is 0 Å². The molecule has 1 aromatic heterocycles. The third-order valence-electron chi connectivity index (χ3n) is 3.78. The van der Waals surface area contributed by atoms with E-state index in [-0.39, 0.29) is 5.69 Å². The van der Waals surface area contributed by atoms with Gasteiger partial charge in [-0.25, -0.2) is 9.97 Å². The van der Waals surface area contributed by atoms with Gasteiger partial charge in [0, 0.05) is 12.1 Å². The molecule has 2 aromatic carbocycles. The predicted molar refractivity (Wildman–Crippen MR) is 95.6 cm³/mol. The number of hydrogen-bond donors (Lipinski definition) is 1. The molecule has 1 N–H and O–H groups in total. The van der Waals surface area contributed by atoms with Crippen LogP contribution in [0.3, 0.4) is 0 Å². The number of benzene rings is 2. The van der Waals surface area contributed by atoms with Crippen LogP contribution in [0.2, 0.25) is 0 Å². The summed E-state index contributed by atoms with van der Waals surface area (Å²) >= 11 is 0. The van der Waals surface area contributed by atoms with E-state index in [0.29, 0.717) is 39.7 Å². The molecule has 0 saturated carbocycles. The molecule has 0 saturated heterocycles. The summed E-state index contributed by atoms with van der Waals surface area (Å²) in [5, 5.41) is 14.8. The van der Waals surface area contributed by atoms with Gasteiger partial charge in [-0.05, 0) is 6.07 Å². The van der Waals surface area contributed by atoms with Crippen LogP contribution in [-0.2, 0) is 0 Å². The highest BCUT2D eigenvalue weighted by molar-refractivity contribution is 5.99. The summed E-state index contributed by atoms with van der Waals surface area (Å²) in [5.74, 6) is 1.54. The first kappa shape index (κ1) is 17.2. The van der Waals surface area contributed by atoms with Crippen molar-refractivity contribution in [2.45, 2.75) is 0 Å². The molecule has 0 unspecified atom stereocenters. The van der Waals surface area contributed by atoms with Crippen LogP contribution in [0.5, 0.6) is 17.2 Å². The average molecular weight is 356 g/mol. The third kappa shape index (κ3) is 2.90. The molecule has 0 aliphatic carbocycles. The molecule has 26 heavy (non-hydrogen) atoms. The number of methoxy groups -OCH3 is 3. The molecule has 3 aromatic rings. The Balaban J connectivity index is 2.23. The van der Waals surface area contributed by atoms with Crippen molar-refractivity contribution in [3.8, 4) is 17.2 Å². The van der Waals surface area contributed by atoms with Crippen molar-refractivity contribution >= 4 is 28.1 Å². The minimum Gasteiger partial charge on any atom is -0.493 e. The van der Waals surface area contributed by atoms with Gasteiger partial charge in [0.25, 0.3) is 5.69 Å². The fourth-order valence-electron chi connectivity index (χ4n) is 2.65. The number of nitrogens with zero attached hydrogens (tertiary/aromatic N) is 3. The summed E-state index contributed by atoms with van der Waals surface area (Å²) < 4.78 is 16.2. The molecule has 0 fully saturated rings. The van der Waals surface area contributed by atoms with E-state index in [0.717, 1.165) is 0 Å². The van der Waals surface area contributed by atoms with Crippen molar-refractivity contribution in [2.75, 3.05) is 26.6 Å². The predicted octanol–water partition coefficient (Wildman–Crippen LogP) is 3.31. The molecule has 1 heterocycles. The Hall–Kier alpha value is -3.62. The molecule has 0 spiro atoms. The number of para-hydroxylation sites is 2. The second-order valence-corrected chi connectivity index (χ2v) is 5.16. The van der Waals surface area contributed by atoms with Crippen LogP contribution in [0.15, 0.2) is 36.7 Å². The minimum absolute atomic E-state index is 0.0706. The van der Waals surface area contributed by atoms with E-state index >= 15 is 0 Å². The van der Waals surface area contributed by atoms with Crippen LogP contribution in [0.25, 0.3) is 10.9 Å². The highest BCUT2D eigenvalue weighted by Gasteiger charge is 2.21. The van der Waals surface area contributed by atoms with Crippen molar-refractivity contribution in [3.05, 3.63) is 46.8 Å². The monoisotopic (exact) mass is 356 g/mol. The fraction of sp³-hybridized carbons (Fsp3) is 0.176. The van der Waals surface area contributed by atoms with Gasteiger partial charge in [0.05, 0.1) is 37.2 Å². The van der Waals surface area contributed by atoms with Gasteiger partial charge < -0.3 is 19.5 Å². The molecule has 0 aliphatic heterocycles. The highest BCUT2D eigenvalue weighted by atomic mass is 16.6. The SMILES string of the molecule is COc1cc2ncnc(Nc3ccccc3[N+](=O)[O-])c2c(OC)c1OC. The Morgan fingerprint density at radius 2 is 1.77 bits per heavy atom. The van der Waals surface area contributed by atoms with E-state index in [1.165, 1.54) is 33.7 Å². The number of fused-ring (bicyclic) bond motifs is 1. The van der Waals surface area contributed by atoms with E-state index in [9.17, 15) is 10.1 Å². The van der Waals surface area contributed by atoms with Gasteiger partial charge in [0.2, 0.25) is 5.75 Å². The smallest absolute Gasteiger partial charge is 0.292 e. The normalized spacial score (nSPS) is 10.4. The molecule has 9 heteroatoms. The molecule has 3 rings (SSSR count). The minimum atomic E-state index is -0.466. The van der Waals surface area contributed by atoms with Crippen LogP contribution in [0.4, 0.5) is 17.2 Å². The summed E-state index contributed by atoms with van der Waals surface area (Å²) in [6.45, 7) is 0. The lowest BCUT2D eigenvalue weighted by Gasteiger charge is -2.16. The zero-order valence-corrected chi connectivity index (χ0v) is 14.3. The summed E-state index contributed by atoms with van der Waals surface area (Å²) in [4.78, 5) is 19.2. The van der Waals surface area contributed by atoms with Gasteiger partial charge in [-0.2, -0.15) is 0 Å². The van der Waals surface area contributed by atoms with E-state index in [1.807, 2.05) is 0 Å². The van der Waals surface area contributed by atoms with Gasteiger partial charge in [0.1, 0.15) is 17.8 Å². The lowest BCUT2D eigenvalue weighted by molar-refractivity contribution is -0.383. The van der Waals surface area contributed by atoms with E-state index < -0.39 is 4.92 Å². The molecule has 0 amide bonds. The molecule has 134 valence electrons. The quantitative estimate of drug-likeness (QED) is 0.529. The zero-order valence-electron chi connectivity index (χ0n) is 14.3. The Morgan fingerprint density at radius 3 is 2.42 bits per heavy atom. The Bertz CT molecular complexity index is 977. The van der Waals surface area contributed by atoms with Crippen molar-refractivity contribution in [1.82, 2.24) is 9.97 Å². The second kappa shape index (κ2) is 7.09. The fourth-order valence-corrected chi connectivity index (χ4v) is 2.65. The summed E-state index contributed by atoms with van der Waals surface area (Å²) in [6.07, 6.45) is 1.35. The Morgan fingerprint density at radius 1 is 1.04 bits per heavy atom. The Kier molecular flexibility index (Phi) is 4.70. The first-order valence-electron chi connectivity index (χ1n) is 7.54. The van der Waals surface area contributed by atoms with Crippen LogP contribution >= 0.6 is 0 Å². The number of rotatable bonds is 6. The molecular weight excluding hydrogens is 340 g/mol. The maximum atomic E-state index is 11.3. The first-order chi connectivity index (χ1) is 12.6. The van der Waals surface area contributed by atoms with Crippen LogP contribution in [-0.4, -0.2) is 36.2 Å². The third-order valence-corrected chi connectivity index (χ3v) is 3.78. The Labute approximate surface area is 148 Å². The van der Waals surface area contributed by atoms with Gasteiger partial charge in [-0.15, -0.1) is 0 Å². The van der Waals surface area contributed by atoms with Crippen molar-refractivity contribution in [2.24, 2.45) is 0 Å². The van der Waals surface area contributed by atoms with E-state index in [2.05, 4.69) is 15.3 Å². The molecule has 9 nitrogen and oxygen atoms in total. The standard InChI is InChI=1S/C17H16N4O5/c1-24-13-8-11-14(16(26-3)15(13)25-2)17(19-9-18-11)20-10-6-4-5-7-12(10)21(22)23/h4-9H,1-3H3,(H,18,19,20). The number of nitro groups is 1. The summed E-state index contributed by atoms with van der Waals surface area (Å²) in [6, 6.07) is 7.98. The summed E-state index contributed by atoms with van der Waals surface area (Å²) in [7, 11) is 4.49. The lowest BCUT2D eigenvalue weighted by atomic mass is 10.1. The topological polar surface area (TPSA) is 109 Å². The molecule has 0 radical (unpaired) electrons. The van der Waals surface area contributed by atoms with E-state index in [1.54, 1.807) is 24.3 Å². The second-order valence-electron chi connectivity index (χ2n) is 5.16. The van der Waals surface area contributed by atoms with Gasteiger partial charge in [-0.3, -0.25) is 10.1 Å².